The van der Waals surface area contributed by atoms with E-state index >= 15 is 0 Å². The molecule has 148 valence electrons. The molecule has 8 nitrogen and oxygen atoms in total. The number of amides is 2. The standard InChI is InChI=1S/C18H22ClNO7/c1-5-8-26-16-13(19)9-12(10-14(16)24-3)6-7-15(21)27-11(2)17(22)20-18(23)25-4/h6-7,9-11H,5,8H2,1-4H3,(H,20,22,23)/b7-6+/t11-/m0/s1. The molecule has 0 saturated carbocycles. The number of hydrogen-bond acceptors (Lipinski definition) is 7. The summed E-state index contributed by atoms with van der Waals surface area (Å²) in [5.41, 5.74) is 0.573. The summed E-state index contributed by atoms with van der Waals surface area (Å²) in [6.07, 6.45) is 1.27. The van der Waals surface area contributed by atoms with Gasteiger partial charge in [0, 0.05) is 6.08 Å². The molecule has 0 unspecified atom stereocenters. The molecule has 0 aromatic heterocycles. The smallest absolute Gasteiger partial charge is 0.413 e. The lowest BCUT2D eigenvalue weighted by molar-refractivity contribution is -0.149. The topological polar surface area (TPSA) is 100 Å². The van der Waals surface area contributed by atoms with Gasteiger partial charge in [0.15, 0.2) is 17.6 Å². The van der Waals surface area contributed by atoms with Gasteiger partial charge in [0.2, 0.25) is 0 Å². The molecule has 0 aliphatic heterocycles. The van der Waals surface area contributed by atoms with Crippen LogP contribution in [0.2, 0.25) is 5.02 Å². The zero-order valence-corrected chi connectivity index (χ0v) is 16.3. The van der Waals surface area contributed by atoms with Gasteiger partial charge in [-0.25, -0.2) is 9.59 Å². The van der Waals surface area contributed by atoms with Crippen molar-refractivity contribution < 1.29 is 33.3 Å². The van der Waals surface area contributed by atoms with E-state index in [0.717, 1.165) is 19.6 Å². The molecule has 0 radical (unpaired) electrons. The van der Waals surface area contributed by atoms with Gasteiger partial charge in [-0.05, 0) is 37.1 Å². The third kappa shape index (κ3) is 7.18. The van der Waals surface area contributed by atoms with Crippen LogP contribution in [0.15, 0.2) is 18.2 Å². The van der Waals surface area contributed by atoms with E-state index in [2.05, 4.69) is 4.74 Å². The van der Waals surface area contributed by atoms with Gasteiger partial charge in [0.1, 0.15) is 0 Å². The second-order valence-electron chi connectivity index (χ2n) is 5.28. The number of methoxy groups -OCH3 is 2. The molecule has 2 amide bonds. The molecule has 27 heavy (non-hydrogen) atoms. The van der Waals surface area contributed by atoms with E-state index in [-0.39, 0.29) is 0 Å². The molecule has 1 aromatic carbocycles. The number of ether oxygens (including phenoxy) is 4. The van der Waals surface area contributed by atoms with Crippen LogP contribution in [-0.4, -0.2) is 44.9 Å². The molecular formula is C18H22ClNO7. The highest BCUT2D eigenvalue weighted by Crippen LogP contribution is 2.36. The Labute approximate surface area is 162 Å². The largest absolute Gasteiger partial charge is 0.493 e. The lowest BCUT2D eigenvalue weighted by Crippen LogP contribution is -2.39. The zero-order valence-electron chi connectivity index (χ0n) is 15.5. The van der Waals surface area contributed by atoms with Crippen LogP contribution in [0.1, 0.15) is 25.8 Å². The summed E-state index contributed by atoms with van der Waals surface area (Å²) < 4.78 is 20.0. The van der Waals surface area contributed by atoms with Crippen LogP contribution in [0.3, 0.4) is 0 Å². The van der Waals surface area contributed by atoms with Crippen molar-refractivity contribution in [3.63, 3.8) is 0 Å². The number of halogens is 1. The Bertz CT molecular complexity index is 718. The third-order valence-electron chi connectivity index (χ3n) is 3.19. The minimum absolute atomic E-state index is 0.335. The van der Waals surface area contributed by atoms with Crippen molar-refractivity contribution in [1.82, 2.24) is 5.32 Å². The number of carbonyl (C=O) groups excluding carboxylic acids is 3. The molecule has 1 atom stereocenters. The molecule has 0 heterocycles. The van der Waals surface area contributed by atoms with Gasteiger partial charge in [-0.2, -0.15) is 0 Å². The molecule has 0 spiro atoms. The van der Waals surface area contributed by atoms with Crippen LogP contribution in [0.25, 0.3) is 6.08 Å². The van der Waals surface area contributed by atoms with E-state index in [1.807, 2.05) is 12.2 Å². The molecule has 1 aromatic rings. The van der Waals surface area contributed by atoms with Crippen molar-refractivity contribution in [3.05, 3.63) is 28.8 Å². The Morgan fingerprint density at radius 2 is 1.96 bits per heavy atom. The fourth-order valence-corrected chi connectivity index (χ4v) is 2.14. The van der Waals surface area contributed by atoms with Gasteiger partial charge in [0.25, 0.3) is 5.91 Å². The Morgan fingerprint density at radius 1 is 1.26 bits per heavy atom. The number of hydrogen-bond donors (Lipinski definition) is 1. The van der Waals surface area contributed by atoms with Crippen LogP contribution in [0.4, 0.5) is 4.79 Å². The minimum atomic E-state index is -1.18. The van der Waals surface area contributed by atoms with Crippen LogP contribution in [-0.2, 0) is 19.1 Å². The number of imide groups is 1. The van der Waals surface area contributed by atoms with Gasteiger partial charge in [-0.15, -0.1) is 0 Å². The van der Waals surface area contributed by atoms with Crippen LogP contribution in [0.5, 0.6) is 11.5 Å². The summed E-state index contributed by atoms with van der Waals surface area (Å²) in [6.45, 7) is 3.78. The van der Waals surface area contributed by atoms with Gasteiger partial charge in [-0.1, -0.05) is 18.5 Å². The minimum Gasteiger partial charge on any atom is -0.493 e. The highest BCUT2D eigenvalue weighted by atomic mass is 35.5. The van der Waals surface area contributed by atoms with Gasteiger partial charge in [-0.3, -0.25) is 10.1 Å². The van der Waals surface area contributed by atoms with Crippen molar-refractivity contribution in [2.75, 3.05) is 20.8 Å². The summed E-state index contributed by atoms with van der Waals surface area (Å²) in [5, 5.41) is 2.24. The van der Waals surface area contributed by atoms with Gasteiger partial charge >= 0.3 is 12.1 Å². The van der Waals surface area contributed by atoms with Crippen LogP contribution >= 0.6 is 11.6 Å². The SMILES string of the molecule is CCCOc1c(Cl)cc(/C=C/C(=O)O[C@@H](C)C(=O)NC(=O)OC)cc1OC. The van der Waals surface area contributed by atoms with Crippen molar-refractivity contribution in [2.24, 2.45) is 0 Å². The highest BCUT2D eigenvalue weighted by molar-refractivity contribution is 6.32. The van der Waals surface area contributed by atoms with E-state index in [1.54, 1.807) is 12.1 Å². The van der Waals surface area contributed by atoms with Crippen molar-refractivity contribution in [3.8, 4) is 11.5 Å². The fraction of sp³-hybridized carbons (Fsp3) is 0.389. The summed E-state index contributed by atoms with van der Waals surface area (Å²) in [4.78, 5) is 34.4. The molecule has 9 heteroatoms. The maximum Gasteiger partial charge on any atom is 0.413 e. The number of benzene rings is 1. The second-order valence-corrected chi connectivity index (χ2v) is 5.68. The highest BCUT2D eigenvalue weighted by Gasteiger charge is 2.19. The van der Waals surface area contributed by atoms with Gasteiger partial charge in [0.05, 0.1) is 25.8 Å². The lowest BCUT2D eigenvalue weighted by atomic mass is 10.2. The first kappa shape index (κ1) is 22.3. The molecule has 0 bridgehead atoms. The predicted molar refractivity (Wildman–Crippen MR) is 98.9 cm³/mol. The van der Waals surface area contributed by atoms with E-state index in [1.165, 1.54) is 20.1 Å². The first-order valence-corrected chi connectivity index (χ1v) is 8.48. The molecule has 0 saturated heterocycles. The molecule has 1 N–H and O–H groups in total. The number of rotatable bonds is 8. The maximum absolute atomic E-state index is 11.8. The summed E-state index contributed by atoms with van der Waals surface area (Å²) in [5.74, 6) is -0.724. The lowest BCUT2D eigenvalue weighted by Gasteiger charge is -2.13. The molecule has 0 aliphatic rings. The normalized spacial score (nSPS) is 11.6. The van der Waals surface area contributed by atoms with E-state index in [9.17, 15) is 14.4 Å². The summed E-state index contributed by atoms with van der Waals surface area (Å²) in [6, 6.07) is 3.25. The number of alkyl carbamates (subject to hydrolysis) is 1. The van der Waals surface area contributed by atoms with E-state index < -0.39 is 24.1 Å². The Balaban J connectivity index is 2.78. The van der Waals surface area contributed by atoms with Crippen molar-refractivity contribution in [1.29, 1.82) is 0 Å². The van der Waals surface area contributed by atoms with E-state index in [4.69, 9.17) is 25.8 Å². The van der Waals surface area contributed by atoms with Crippen LogP contribution in [0, 0.1) is 0 Å². The van der Waals surface area contributed by atoms with Crippen LogP contribution < -0.4 is 14.8 Å². The zero-order chi connectivity index (χ0) is 20.4. The quantitative estimate of drug-likeness (QED) is 0.529. The summed E-state index contributed by atoms with van der Waals surface area (Å²) >= 11 is 6.20. The first-order valence-electron chi connectivity index (χ1n) is 8.10. The Hall–Kier alpha value is -2.74. The summed E-state index contributed by atoms with van der Waals surface area (Å²) in [7, 11) is 2.59. The molecular weight excluding hydrogens is 378 g/mol. The fourth-order valence-electron chi connectivity index (χ4n) is 1.86. The maximum atomic E-state index is 11.8. The Morgan fingerprint density at radius 3 is 2.56 bits per heavy atom. The van der Waals surface area contributed by atoms with Gasteiger partial charge < -0.3 is 18.9 Å². The molecule has 0 aliphatic carbocycles. The average molecular weight is 400 g/mol. The molecule has 1 rings (SSSR count). The Kier molecular flexibility index (Phi) is 9.15. The average Bonchev–Trinajstić information content (AvgIpc) is 2.64. The number of nitrogens with one attached hydrogen (secondary N) is 1. The van der Waals surface area contributed by atoms with Crippen molar-refractivity contribution in [2.45, 2.75) is 26.4 Å². The third-order valence-corrected chi connectivity index (χ3v) is 3.47. The second kappa shape index (κ2) is 11.1. The monoisotopic (exact) mass is 399 g/mol. The number of esters is 1. The van der Waals surface area contributed by atoms with E-state index in [0.29, 0.717) is 28.7 Å². The first-order chi connectivity index (χ1) is 12.8. The predicted octanol–water partition coefficient (Wildman–Crippen LogP) is 2.96. The number of carbonyl (C=O) groups is 3. The molecule has 0 fully saturated rings. The van der Waals surface area contributed by atoms with Crippen molar-refractivity contribution >= 4 is 35.6 Å².